The van der Waals surface area contributed by atoms with Gasteiger partial charge in [-0.2, -0.15) is 5.10 Å². The molecule has 0 bridgehead atoms. The van der Waals surface area contributed by atoms with Crippen molar-refractivity contribution in [1.82, 2.24) is 9.78 Å². The van der Waals surface area contributed by atoms with E-state index in [2.05, 4.69) is 61.7 Å². The topological polar surface area (TPSA) is 17.8 Å². The summed E-state index contributed by atoms with van der Waals surface area (Å²) in [5, 5.41) is 4.69. The number of benzene rings is 2. The average molecular weight is 248 g/mol. The zero-order valence-corrected chi connectivity index (χ0v) is 11.0. The van der Waals surface area contributed by atoms with Gasteiger partial charge >= 0.3 is 0 Å². The molecule has 1 heterocycles. The molecule has 2 nitrogen and oxygen atoms in total. The third kappa shape index (κ3) is 2.29. The highest BCUT2D eigenvalue weighted by Gasteiger charge is 2.11. The summed E-state index contributed by atoms with van der Waals surface area (Å²) in [6, 6.07) is 20.8. The van der Waals surface area contributed by atoms with E-state index in [9.17, 15) is 0 Å². The van der Waals surface area contributed by atoms with E-state index in [0.29, 0.717) is 0 Å². The van der Waals surface area contributed by atoms with Crippen molar-refractivity contribution in [2.75, 3.05) is 0 Å². The van der Waals surface area contributed by atoms with Crippen LogP contribution in [0.4, 0.5) is 0 Å². The molecule has 19 heavy (non-hydrogen) atoms. The van der Waals surface area contributed by atoms with Crippen LogP contribution in [0.2, 0.25) is 0 Å². The van der Waals surface area contributed by atoms with Gasteiger partial charge in [0.1, 0.15) is 5.69 Å². The lowest BCUT2D eigenvalue weighted by Crippen LogP contribution is -1.93. The predicted molar refractivity (Wildman–Crippen MR) is 78.8 cm³/mol. The fourth-order valence-corrected chi connectivity index (χ4v) is 2.22. The lowest BCUT2D eigenvalue weighted by Gasteiger charge is -2.02. The van der Waals surface area contributed by atoms with Gasteiger partial charge in [0.05, 0.1) is 0 Å². The van der Waals surface area contributed by atoms with Gasteiger partial charge in [0, 0.05) is 23.9 Å². The molecule has 0 fully saturated rings. The van der Waals surface area contributed by atoms with E-state index in [0.717, 1.165) is 17.8 Å². The summed E-state index contributed by atoms with van der Waals surface area (Å²) in [5.41, 5.74) is 4.61. The molecular formula is C17H16N2. The van der Waals surface area contributed by atoms with Crippen LogP contribution in [-0.4, -0.2) is 9.78 Å². The summed E-state index contributed by atoms with van der Waals surface area (Å²) < 4.78 is 1.99. The van der Waals surface area contributed by atoms with Crippen LogP contribution in [0.25, 0.3) is 22.4 Å². The average Bonchev–Trinajstić information content (AvgIpc) is 2.93. The molecule has 0 aliphatic rings. The monoisotopic (exact) mass is 248 g/mol. The van der Waals surface area contributed by atoms with Crippen LogP contribution in [0, 0.1) is 0 Å². The Morgan fingerprint density at radius 2 is 1.42 bits per heavy atom. The van der Waals surface area contributed by atoms with Gasteiger partial charge in [-0.25, -0.2) is 0 Å². The van der Waals surface area contributed by atoms with Gasteiger partial charge < -0.3 is 0 Å². The predicted octanol–water partition coefficient (Wildman–Crippen LogP) is 4.24. The number of rotatable bonds is 3. The van der Waals surface area contributed by atoms with Crippen molar-refractivity contribution in [2.45, 2.75) is 13.5 Å². The van der Waals surface area contributed by atoms with Crippen LogP contribution in [0.3, 0.4) is 0 Å². The Morgan fingerprint density at radius 3 is 2.00 bits per heavy atom. The minimum absolute atomic E-state index is 0.882. The highest BCUT2D eigenvalue weighted by Crippen LogP contribution is 2.30. The van der Waals surface area contributed by atoms with Crippen LogP contribution in [0.1, 0.15) is 6.92 Å². The van der Waals surface area contributed by atoms with Crippen LogP contribution >= 0.6 is 0 Å². The molecule has 0 amide bonds. The molecule has 94 valence electrons. The lowest BCUT2D eigenvalue weighted by molar-refractivity contribution is 0.662. The molecule has 2 aromatic carbocycles. The molecule has 1 aromatic heterocycles. The third-order valence-electron chi connectivity index (χ3n) is 3.22. The summed E-state index contributed by atoms with van der Waals surface area (Å²) in [6.45, 7) is 2.99. The first-order chi connectivity index (χ1) is 9.38. The third-order valence-corrected chi connectivity index (χ3v) is 3.22. The van der Waals surface area contributed by atoms with Crippen molar-refractivity contribution in [3.63, 3.8) is 0 Å². The van der Waals surface area contributed by atoms with E-state index < -0.39 is 0 Å². The molecule has 0 aliphatic carbocycles. The molecule has 0 saturated carbocycles. The van der Waals surface area contributed by atoms with Crippen molar-refractivity contribution in [3.05, 3.63) is 66.9 Å². The van der Waals surface area contributed by atoms with Crippen molar-refractivity contribution >= 4 is 0 Å². The van der Waals surface area contributed by atoms with Gasteiger partial charge in [0.15, 0.2) is 0 Å². The molecule has 3 rings (SSSR count). The zero-order chi connectivity index (χ0) is 13.1. The van der Waals surface area contributed by atoms with Gasteiger partial charge in [-0.15, -0.1) is 0 Å². The molecule has 0 aliphatic heterocycles. The maximum absolute atomic E-state index is 4.69. The molecule has 0 unspecified atom stereocenters. The molecule has 0 saturated heterocycles. The molecule has 0 spiro atoms. The number of hydrogen-bond donors (Lipinski definition) is 0. The lowest BCUT2D eigenvalue weighted by atomic mass is 10.0. The van der Waals surface area contributed by atoms with E-state index >= 15 is 0 Å². The quantitative estimate of drug-likeness (QED) is 0.678. The summed E-state index contributed by atoms with van der Waals surface area (Å²) in [4.78, 5) is 0. The second kappa shape index (κ2) is 5.11. The van der Waals surface area contributed by atoms with Crippen molar-refractivity contribution in [3.8, 4) is 22.4 Å². The molecule has 0 N–H and O–H groups in total. The Balaban J connectivity index is 2.17. The van der Waals surface area contributed by atoms with Crippen LogP contribution in [-0.2, 0) is 6.54 Å². The number of aryl methyl sites for hydroxylation is 1. The standard InChI is InChI=1S/C17H16N2/c1-2-19-13-16(14-9-5-3-6-10-14)17(18-19)15-11-7-4-8-12-15/h3-13H,2H2,1H3. The van der Waals surface area contributed by atoms with Gasteiger partial charge in [-0.05, 0) is 12.5 Å². The van der Waals surface area contributed by atoms with Crippen LogP contribution < -0.4 is 0 Å². The second-order valence-electron chi connectivity index (χ2n) is 4.48. The largest absolute Gasteiger partial charge is 0.272 e. The summed E-state index contributed by atoms with van der Waals surface area (Å²) in [5.74, 6) is 0. The molecule has 2 heteroatoms. The fourth-order valence-electron chi connectivity index (χ4n) is 2.22. The van der Waals surface area contributed by atoms with Crippen molar-refractivity contribution in [1.29, 1.82) is 0 Å². The fraction of sp³-hybridized carbons (Fsp3) is 0.118. The van der Waals surface area contributed by atoms with E-state index in [-0.39, 0.29) is 0 Å². The Morgan fingerprint density at radius 1 is 0.842 bits per heavy atom. The highest BCUT2D eigenvalue weighted by molar-refractivity contribution is 5.80. The summed E-state index contributed by atoms with van der Waals surface area (Å²) in [7, 11) is 0. The number of nitrogens with zero attached hydrogens (tertiary/aromatic N) is 2. The zero-order valence-electron chi connectivity index (χ0n) is 11.0. The Kier molecular flexibility index (Phi) is 3.15. The molecular weight excluding hydrogens is 232 g/mol. The summed E-state index contributed by atoms with van der Waals surface area (Å²) >= 11 is 0. The van der Waals surface area contributed by atoms with E-state index in [1.54, 1.807) is 0 Å². The van der Waals surface area contributed by atoms with E-state index in [1.165, 1.54) is 11.1 Å². The van der Waals surface area contributed by atoms with Gasteiger partial charge in [0.2, 0.25) is 0 Å². The first kappa shape index (κ1) is 11.7. The molecule has 3 aromatic rings. The van der Waals surface area contributed by atoms with Crippen LogP contribution in [0.15, 0.2) is 66.9 Å². The Labute approximate surface area is 113 Å². The van der Waals surface area contributed by atoms with Gasteiger partial charge in [-0.1, -0.05) is 60.7 Å². The highest BCUT2D eigenvalue weighted by atomic mass is 15.3. The molecule has 0 atom stereocenters. The Hall–Kier alpha value is -2.35. The Bertz CT molecular complexity index is 597. The van der Waals surface area contributed by atoms with Crippen LogP contribution in [0.5, 0.6) is 0 Å². The number of hydrogen-bond acceptors (Lipinski definition) is 1. The molecule has 0 radical (unpaired) electrons. The summed E-state index contributed by atoms with van der Waals surface area (Å²) in [6.07, 6.45) is 2.12. The smallest absolute Gasteiger partial charge is 0.100 e. The minimum Gasteiger partial charge on any atom is -0.272 e. The number of aromatic nitrogens is 2. The normalized spacial score (nSPS) is 10.6. The first-order valence-electron chi connectivity index (χ1n) is 6.57. The maximum Gasteiger partial charge on any atom is 0.100 e. The van der Waals surface area contributed by atoms with Crippen molar-refractivity contribution in [2.24, 2.45) is 0 Å². The van der Waals surface area contributed by atoms with Gasteiger partial charge in [0.25, 0.3) is 0 Å². The SMILES string of the molecule is CCn1cc(-c2ccccc2)c(-c2ccccc2)n1. The van der Waals surface area contributed by atoms with Gasteiger partial charge in [-0.3, -0.25) is 4.68 Å². The van der Waals surface area contributed by atoms with E-state index in [4.69, 9.17) is 5.10 Å². The van der Waals surface area contributed by atoms with Crippen molar-refractivity contribution < 1.29 is 0 Å². The first-order valence-corrected chi connectivity index (χ1v) is 6.57. The van der Waals surface area contributed by atoms with E-state index in [1.807, 2.05) is 16.8 Å². The minimum atomic E-state index is 0.882. The maximum atomic E-state index is 4.69. The second-order valence-corrected chi connectivity index (χ2v) is 4.48.